The third kappa shape index (κ3) is 5.77. The molecule has 8 heteroatoms. The van der Waals surface area contributed by atoms with E-state index >= 15 is 0 Å². The minimum atomic E-state index is -0.119. The molecule has 0 bridgehead atoms. The van der Waals surface area contributed by atoms with E-state index in [2.05, 4.69) is 39.3 Å². The molecule has 2 aromatic heterocycles. The SMILES string of the molecule is COc1ccc(NC(=O)N2CC/C(=C\c3cccc(Oc4ncc(C5CC5)cn4)c3)C(C)C2)cn1. The van der Waals surface area contributed by atoms with Crippen LogP contribution in [0.5, 0.6) is 17.6 Å². The summed E-state index contributed by atoms with van der Waals surface area (Å²) in [4.78, 5) is 27.4. The molecule has 3 aromatic rings. The van der Waals surface area contributed by atoms with Gasteiger partial charge in [0.2, 0.25) is 5.88 Å². The number of hydrogen-bond acceptors (Lipinski definition) is 6. The van der Waals surface area contributed by atoms with E-state index < -0.39 is 0 Å². The number of anilines is 1. The van der Waals surface area contributed by atoms with Gasteiger partial charge in [0.15, 0.2) is 0 Å². The first kappa shape index (κ1) is 22.8. The summed E-state index contributed by atoms with van der Waals surface area (Å²) in [6.07, 6.45) is 10.8. The average molecular weight is 472 g/mol. The van der Waals surface area contributed by atoms with E-state index in [4.69, 9.17) is 9.47 Å². The quantitative estimate of drug-likeness (QED) is 0.510. The highest BCUT2D eigenvalue weighted by molar-refractivity contribution is 5.89. The Kier molecular flexibility index (Phi) is 6.61. The summed E-state index contributed by atoms with van der Waals surface area (Å²) in [5.41, 5.74) is 4.20. The molecule has 8 nitrogen and oxygen atoms in total. The van der Waals surface area contributed by atoms with Crippen LogP contribution in [0.25, 0.3) is 6.08 Å². The van der Waals surface area contributed by atoms with Gasteiger partial charge in [0.1, 0.15) is 5.75 Å². The number of carbonyl (C=O) groups excluding carboxylic acids is 1. The lowest BCUT2D eigenvalue weighted by Gasteiger charge is -2.33. The lowest BCUT2D eigenvalue weighted by molar-refractivity contribution is 0.198. The molecule has 1 saturated heterocycles. The van der Waals surface area contributed by atoms with Crippen LogP contribution in [-0.2, 0) is 0 Å². The summed E-state index contributed by atoms with van der Waals surface area (Å²) in [5.74, 6) is 2.08. The van der Waals surface area contributed by atoms with Crippen LogP contribution in [-0.4, -0.2) is 46.1 Å². The molecule has 1 atom stereocenters. The van der Waals surface area contributed by atoms with Crippen molar-refractivity contribution in [1.82, 2.24) is 19.9 Å². The smallest absolute Gasteiger partial charge is 0.321 e. The van der Waals surface area contributed by atoms with Gasteiger partial charge in [-0.3, -0.25) is 0 Å². The number of likely N-dealkylation sites (tertiary alicyclic amines) is 1. The standard InChI is InChI=1S/C27H29N5O3/c1-18-17-32(27(33)31-23-8-9-25(34-2)28-16-23)11-10-21(18)12-19-4-3-5-24(13-19)35-26-29-14-22(15-30-26)20-6-7-20/h3-5,8-9,12-16,18,20H,6-7,10-11,17H2,1-2H3,(H,31,33)/b21-12+. The number of urea groups is 1. The average Bonchev–Trinajstić information content (AvgIpc) is 3.72. The molecule has 0 spiro atoms. The molecule has 2 aliphatic rings. The third-order valence-corrected chi connectivity index (χ3v) is 6.40. The van der Waals surface area contributed by atoms with Crippen LogP contribution in [0, 0.1) is 5.92 Å². The first-order valence-electron chi connectivity index (χ1n) is 11.9. The Morgan fingerprint density at radius 3 is 2.63 bits per heavy atom. The van der Waals surface area contributed by atoms with E-state index in [-0.39, 0.29) is 11.9 Å². The Morgan fingerprint density at radius 2 is 1.94 bits per heavy atom. The highest BCUT2D eigenvalue weighted by atomic mass is 16.5. The Balaban J connectivity index is 1.19. The maximum Gasteiger partial charge on any atom is 0.321 e. The number of rotatable bonds is 6. The van der Waals surface area contributed by atoms with E-state index in [0.29, 0.717) is 42.3 Å². The van der Waals surface area contributed by atoms with Gasteiger partial charge in [0.05, 0.1) is 19.0 Å². The second-order valence-electron chi connectivity index (χ2n) is 9.08. The predicted molar refractivity (Wildman–Crippen MR) is 134 cm³/mol. The fourth-order valence-corrected chi connectivity index (χ4v) is 4.22. The van der Waals surface area contributed by atoms with Gasteiger partial charge >= 0.3 is 12.0 Å². The molecule has 3 heterocycles. The number of pyridine rings is 1. The van der Waals surface area contributed by atoms with Crippen LogP contribution < -0.4 is 14.8 Å². The highest BCUT2D eigenvalue weighted by Crippen LogP contribution is 2.39. The summed E-state index contributed by atoms with van der Waals surface area (Å²) < 4.78 is 10.9. The minimum absolute atomic E-state index is 0.119. The Hall–Kier alpha value is -3.94. The minimum Gasteiger partial charge on any atom is -0.481 e. The highest BCUT2D eigenvalue weighted by Gasteiger charge is 2.25. The summed E-state index contributed by atoms with van der Waals surface area (Å²) in [6, 6.07) is 11.7. The number of ether oxygens (including phenoxy) is 2. The molecule has 2 amide bonds. The number of hydrogen-bond donors (Lipinski definition) is 1. The molecule has 1 aromatic carbocycles. The molecule has 2 fully saturated rings. The number of carbonyl (C=O) groups is 1. The molecule has 180 valence electrons. The van der Waals surface area contributed by atoms with Gasteiger partial charge in [0.25, 0.3) is 0 Å². The van der Waals surface area contributed by atoms with Crippen LogP contribution in [0.2, 0.25) is 0 Å². The zero-order chi connectivity index (χ0) is 24.2. The molecule has 1 saturated carbocycles. The maximum atomic E-state index is 12.7. The fourth-order valence-electron chi connectivity index (χ4n) is 4.22. The number of amides is 2. The van der Waals surface area contributed by atoms with E-state index in [9.17, 15) is 4.79 Å². The van der Waals surface area contributed by atoms with Crippen molar-refractivity contribution in [3.05, 3.63) is 71.7 Å². The molecule has 1 unspecified atom stereocenters. The van der Waals surface area contributed by atoms with Crippen molar-refractivity contribution >= 4 is 17.8 Å². The van der Waals surface area contributed by atoms with Gasteiger partial charge in [-0.25, -0.2) is 19.7 Å². The van der Waals surface area contributed by atoms with Gasteiger partial charge in [-0.15, -0.1) is 0 Å². The van der Waals surface area contributed by atoms with Crippen LogP contribution in [0.1, 0.15) is 43.2 Å². The van der Waals surface area contributed by atoms with Crippen molar-refractivity contribution in [2.45, 2.75) is 32.1 Å². The van der Waals surface area contributed by atoms with E-state index in [0.717, 1.165) is 12.0 Å². The summed E-state index contributed by atoms with van der Waals surface area (Å²) in [5, 5.41) is 2.91. The number of piperidine rings is 1. The van der Waals surface area contributed by atoms with Crippen molar-refractivity contribution in [1.29, 1.82) is 0 Å². The lowest BCUT2D eigenvalue weighted by atomic mass is 9.91. The molecule has 5 rings (SSSR count). The van der Waals surface area contributed by atoms with Gasteiger partial charge in [-0.2, -0.15) is 0 Å². The van der Waals surface area contributed by atoms with Gasteiger partial charge in [-0.1, -0.05) is 30.7 Å². The monoisotopic (exact) mass is 471 g/mol. The van der Waals surface area contributed by atoms with Gasteiger partial charge in [0, 0.05) is 31.5 Å². The first-order chi connectivity index (χ1) is 17.1. The van der Waals surface area contributed by atoms with Crippen LogP contribution in [0.3, 0.4) is 0 Å². The predicted octanol–water partition coefficient (Wildman–Crippen LogP) is 5.51. The summed E-state index contributed by atoms with van der Waals surface area (Å²) in [6.45, 7) is 3.46. The Labute approximate surface area is 205 Å². The number of methoxy groups -OCH3 is 1. The van der Waals surface area contributed by atoms with Crippen LogP contribution in [0.15, 0.2) is 60.6 Å². The molecule has 1 aliphatic heterocycles. The van der Waals surface area contributed by atoms with Crippen molar-refractivity contribution in [2.24, 2.45) is 5.92 Å². The topological polar surface area (TPSA) is 89.5 Å². The molecular formula is C27H29N5O3. The van der Waals surface area contributed by atoms with E-state index in [1.54, 1.807) is 25.4 Å². The number of aromatic nitrogens is 3. The maximum absolute atomic E-state index is 12.7. The number of nitrogens with one attached hydrogen (secondary N) is 1. The van der Waals surface area contributed by atoms with Gasteiger partial charge < -0.3 is 19.7 Å². The summed E-state index contributed by atoms with van der Waals surface area (Å²) in [7, 11) is 1.56. The largest absolute Gasteiger partial charge is 0.481 e. The van der Waals surface area contributed by atoms with Crippen molar-refractivity contribution < 1.29 is 14.3 Å². The molecular weight excluding hydrogens is 442 g/mol. The second kappa shape index (κ2) is 10.1. The van der Waals surface area contributed by atoms with Crippen LogP contribution in [0.4, 0.5) is 10.5 Å². The Morgan fingerprint density at radius 1 is 1.11 bits per heavy atom. The lowest BCUT2D eigenvalue weighted by Crippen LogP contribution is -2.42. The normalized spacial score (nSPS) is 18.9. The fraction of sp³-hybridized carbons (Fsp3) is 0.333. The van der Waals surface area contributed by atoms with E-state index in [1.807, 2.05) is 35.5 Å². The number of nitrogens with zero attached hydrogens (tertiary/aromatic N) is 4. The zero-order valence-corrected chi connectivity index (χ0v) is 20.0. The molecule has 35 heavy (non-hydrogen) atoms. The van der Waals surface area contributed by atoms with E-state index in [1.165, 1.54) is 24.0 Å². The van der Waals surface area contributed by atoms with Crippen molar-refractivity contribution in [3.8, 4) is 17.6 Å². The summed E-state index contributed by atoms with van der Waals surface area (Å²) >= 11 is 0. The van der Waals surface area contributed by atoms with Gasteiger partial charge in [-0.05, 0) is 60.4 Å². The third-order valence-electron chi connectivity index (χ3n) is 6.40. The molecule has 1 aliphatic carbocycles. The second-order valence-corrected chi connectivity index (χ2v) is 9.08. The molecule has 0 radical (unpaired) electrons. The Bertz CT molecular complexity index is 1210. The van der Waals surface area contributed by atoms with Crippen LogP contribution >= 0.6 is 0 Å². The van der Waals surface area contributed by atoms with Crippen molar-refractivity contribution in [2.75, 3.05) is 25.5 Å². The first-order valence-corrected chi connectivity index (χ1v) is 11.9. The number of benzene rings is 1. The van der Waals surface area contributed by atoms with Crippen molar-refractivity contribution in [3.63, 3.8) is 0 Å². The molecule has 1 N–H and O–H groups in total. The zero-order valence-electron chi connectivity index (χ0n) is 20.0.